The smallest absolute Gasteiger partial charge is 0.408 e. The molecule has 0 saturated carbocycles. The second-order valence-electron chi connectivity index (χ2n) is 6.76. The molecule has 0 heterocycles. The lowest BCUT2D eigenvalue weighted by molar-refractivity contribution is 0.0498. The molecule has 0 bridgehead atoms. The summed E-state index contributed by atoms with van der Waals surface area (Å²) >= 11 is 0. The van der Waals surface area contributed by atoms with Crippen LogP contribution >= 0.6 is 0 Å². The number of hydrogen-bond acceptors (Lipinski definition) is 5. The van der Waals surface area contributed by atoms with Gasteiger partial charge < -0.3 is 10.1 Å². The van der Waals surface area contributed by atoms with Crippen molar-refractivity contribution in [3.8, 4) is 0 Å². The van der Waals surface area contributed by atoms with Gasteiger partial charge in [0.15, 0.2) is 0 Å². The van der Waals surface area contributed by atoms with Crippen LogP contribution in [-0.2, 0) is 19.0 Å². The highest BCUT2D eigenvalue weighted by Crippen LogP contribution is 2.16. The summed E-state index contributed by atoms with van der Waals surface area (Å²) in [5, 5.41) is 2.61. The topological polar surface area (TPSA) is 81.7 Å². The summed E-state index contributed by atoms with van der Waals surface area (Å²) < 4.78 is 34.9. The van der Waals surface area contributed by atoms with E-state index in [9.17, 15) is 13.2 Å². The van der Waals surface area contributed by atoms with Crippen LogP contribution in [0.15, 0.2) is 41.3 Å². The fourth-order valence-electron chi connectivity index (χ4n) is 1.89. The van der Waals surface area contributed by atoms with Gasteiger partial charge in [0.2, 0.25) is 0 Å². The van der Waals surface area contributed by atoms with Gasteiger partial charge in [-0.3, -0.25) is 4.18 Å². The number of hydrogen-bond donors (Lipinski definition) is 1. The van der Waals surface area contributed by atoms with E-state index < -0.39 is 27.9 Å². The van der Waals surface area contributed by atoms with E-state index in [1.165, 1.54) is 12.1 Å². The van der Waals surface area contributed by atoms with Gasteiger partial charge in [0, 0.05) is 0 Å². The van der Waals surface area contributed by atoms with Crippen molar-refractivity contribution in [2.45, 2.75) is 57.6 Å². The van der Waals surface area contributed by atoms with E-state index in [-0.39, 0.29) is 11.5 Å². The third-order valence-electron chi connectivity index (χ3n) is 3.34. The van der Waals surface area contributed by atoms with Gasteiger partial charge in [-0.05, 0) is 46.2 Å². The monoisotopic (exact) mass is 369 g/mol. The molecule has 0 spiro atoms. The van der Waals surface area contributed by atoms with Crippen LogP contribution in [0.5, 0.6) is 0 Å². The molecule has 1 N–H and O–H groups in total. The van der Waals surface area contributed by atoms with Gasteiger partial charge in [0.05, 0.1) is 17.5 Å². The van der Waals surface area contributed by atoms with Crippen molar-refractivity contribution in [2.24, 2.45) is 0 Å². The molecule has 0 aliphatic heterocycles. The first-order valence-electron chi connectivity index (χ1n) is 8.08. The van der Waals surface area contributed by atoms with Crippen LogP contribution in [-0.4, -0.2) is 32.8 Å². The maximum atomic E-state index is 12.3. The molecule has 6 nitrogen and oxygen atoms in total. The predicted molar refractivity (Wildman–Crippen MR) is 96.9 cm³/mol. The summed E-state index contributed by atoms with van der Waals surface area (Å²) in [5.74, 6) is 0. The number of aryl methyl sites for hydroxylation is 1. The molecule has 140 valence electrons. The molecule has 0 unspecified atom stereocenters. The third-order valence-corrected chi connectivity index (χ3v) is 4.63. The van der Waals surface area contributed by atoms with E-state index in [0.717, 1.165) is 5.56 Å². The lowest BCUT2D eigenvalue weighted by atomic mass is 10.1. The van der Waals surface area contributed by atoms with Gasteiger partial charge in [-0.1, -0.05) is 36.8 Å². The fraction of sp³-hybridized carbons (Fsp3) is 0.500. The van der Waals surface area contributed by atoms with E-state index in [1.54, 1.807) is 32.9 Å². The highest BCUT2D eigenvalue weighted by molar-refractivity contribution is 7.86. The summed E-state index contributed by atoms with van der Waals surface area (Å²) in [5.41, 5.74) is 0.935. The Labute approximate surface area is 150 Å². The Kier molecular flexibility index (Phi) is 7.19. The molecule has 1 rings (SSSR count). The maximum absolute atomic E-state index is 12.3. The Bertz CT molecular complexity index is 702. The van der Waals surface area contributed by atoms with E-state index >= 15 is 0 Å². The van der Waals surface area contributed by atoms with Crippen molar-refractivity contribution >= 4 is 16.2 Å². The Morgan fingerprint density at radius 1 is 1.24 bits per heavy atom. The van der Waals surface area contributed by atoms with Gasteiger partial charge in [0.25, 0.3) is 10.1 Å². The zero-order valence-corrected chi connectivity index (χ0v) is 16.3. The predicted octanol–water partition coefficient (Wildman–Crippen LogP) is 3.56. The molecule has 0 radical (unpaired) electrons. The summed E-state index contributed by atoms with van der Waals surface area (Å²) in [4.78, 5) is 12.0. The molecule has 1 atom stereocenters. The molecule has 0 fully saturated rings. The minimum absolute atomic E-state index is 0.0660. The minimum atomic E-state index is -3.92. The number of benzene rings is 1. The molecule has 7 heteroatoms. The van der Waals surface area contributed by atoms with Crippen molar-refractivity contribution in [1.82, 2.24) is 5.32 Å². The normalized spacial score (nSPS) is 13.2. The summed E-state index contributed by atoms with van der Waals surface area (Å²) in [6.45, 7) is 12.6. The van der Waals surface area contributed by atoms with Crippen LogP contribution in [0.25, 0.3) is 0 Å². The quantitative estimate of drug-likeness (QED) is 0.587. The number of carbonyl (C=O) groups excluding carboxylic acids is 1. The molecule has 25 heavy (non-hydrogen) atoms. The lowest BCUT2D eigenvalue weighted by Gasteiger charge is -2.24. The Morgan fingerprint density at radius 2 is 1.80 bits per heavy atom. The van der Waals surface area contributed by atoms with Crippen molar-refractivity contribution in [3.63, 3.8) is 0 Å². The highest BCUT2D eigenvalue weighted by Gasteiger charge is 2.23. The SMILES string of the molecule is C=C(CC)[C@@H](COS(=O)(=O)c1ccc(C)cc1)NC(=O)OC(C)(C)C. The summed E-state index contributed by atoms with van der Waals surface area (Å²) in [6, 6.07) is 5.68. The van der Waals surface area contributed by atoms with Crippen molar-refractivity contribution in [3.05, 3.63) is 42.0 Å². The van der Waals surface area contributed by atoms with Crippen LogP contribution in [0, 0.1) is 6.92 Å². The van der Waals surface area contributed by atoms with Gasteiger partial charge in [0.1, 0.15) is 5.60 Å². The second-order valence-corrected chi connectivity index (χ2v) is 8.38. The van der Waals surface area contributed by atoms with Gasteiger partial charge in [-0.25, -0.2) is 4.79 Å². The van der Waals surface area contributed by atoms with Gasteiger partial charge in [-0.2, -0.15) is 8.42 Å². The Morgan fingerprint density at radius 3 is 2.28 bits per heavy atom. The third kappa shape index (κ3) is 7.27. The van der Waals surface area contributed by atoms with E-state index in [2.05, 4.69) is 11.9 Å². The van der Waals surface area contributed by atoms with Gasteiger partial charge >= 0.3 is 6.09 Å². The molecule has 0 saturated heterocycles. The number of alkyl carbamates (subject to hydrolysis) is 1. The summed E-state index contributed by atoms with van der Waals surface area (Å²) in [7, 11) is -3.92. The van der Waals surface area contributed by atoms with Crippen LogP contribution in [0.3, 0.4) is 0 Å². The van der Waals surface area contributed by atoms with E-state index in [4.69, 9.17) is 8.92 Å². The average molecular weight is 369 g/mol. The Hall–Kier alpha value is -1.86. The molecular formula is C18H27NO5S. The molecule has 1 aromatic carbocycles. The first-order valence-corrected chi connectivity index (χ1v) is 9.48. The number of ether oxygens (including phenoxy) is 1. The largest absolute Gasteiger partial charge is 0.444 e. The molecule has 1 amide bonds. The van der Waals surface area contributed by atoms with Crippen molar-refractivity contribution in [2.75, 3.05) is 6.61 Å². The van der Waals surface area contributed by atoms with E-state index in [0.29, 0.717) is 12.0 Å². The Balaban J connectivity index is 2.80. The molecule has 0 aliphatic rings. The molecule has 1 aromatic rings. The first kappa shape index (κ1) is 21.2. The van der Waals surface area contributed by atoms with Crippen LogP contribution < -0.4 is 5.32 Å². The fourth-order valence-corrected chi connectivity index (χ4v) is 2.81. The van der Waals surface area contributed by atoms with E-state index in [1.807, 2.05) is 13.8 Å². The van der Waals surface area contributed by atoms with Crippen LogP contribution in [0.2, 0.25) is 0 Å². The highest BCUT2D eigenvalue weighted by atomic mass is 32.2. The number of amides is 1. The minimum Gasteiger partial charge on any atom is -0.444 e. The van der Waals surface area contributed by atoms with Gasteiger partial charge in [-0.15, -0.1) is 0 Å². The van der Waals surface area contributed by atoms with Crippen LogP contribution in [0.1, 0.15) is 39.7 Å². The second kappa shape index (κ2) is 8.49. The van der Waals surface area contributed by atoms with Crippen molar-refractivity contribution < 1.29 is 22.1 Å². The number of nitrogens with one attached hydrogen (secondary N) is 1. The first-order chi connectivity index (χ1) is 11.4. The van der Waals surface area contributed by atoms with Crippen LogP contribution in [0.4, 0.5) is 4.79 Å². The molecular weight excluding hydrogens is 342 g/mol. The zero-order chi connectivity index (χ0) is 19.3. The summed E-state index contributed by atoms with van der Waals surface area (Å²) in [6.07, 6.45) is -0.0857. The number of carbonyl (C=O) groups is 1. The maximum Gasteiger partial charge on any atom is 0.408 e. The number of rotatable bonds is 7. The zero-order valence-electron chi connectivity index (χ0n) is 15.5. The standard InChI is InChI=1S/C18H27NO5S/c1-7-14(3)16(19-17(20)24-18(4,5)6)12-23-25(21,22)15-10-8-13(2)9-11-15/h8-11,16H,3,7,12H2,1-2,4-6H3,(H,19,20)/t16-/m1/s1. The van der Waals surface area contributed by atoms with Crippen molar-refractivity contribution in [1.29, 1.82) is 0 Å². The average Bonchev–Trinajstić information content (AvgIpc) is 2.49. The molecule has 0 aliphatic carbocycles. The molecule has 0 aromatic heterocycles. The lowest BCUT2D eigenvalue weighted by Crippen LogP contribution is -2.42.